The van der Waals surface area contributed by atoms with Crippen molar-refractivity contribution in [1.82, 2.24) is 9.88 Å². The third kappa shape index (κ3) is 5.47. The minimum absolute atomic E-state index is 0.0759. The first-order valence-corrected chi connectivity index (χ1v) is 13.1. The molecule has 1 amide bonds. The van der Waals surface area contributed by atoms with Crippen LogP contribution in [0, 0.1) is 5.82 Å². The summed E-state index contributed by atoms with van der Waals surface area (Å²) in [5.41, 5.74) is 4.97. The summed E-state index contributed by atoms with van der Waals surface area (Å²) >= 11 is 6.39. The third-order valence-electron chi connectivity index (χ3n) is 7.03. The predicted octanol–water partition coefficient (Wildman–Crippen LogP) is 7.05. The maximum atomic E-state index is 13.5. The molecule has 39 heavy (non-hydrogen) atoms. The summed E-state index contributed by atoms with van der Waals surface area (Å²) in [6.45, 7) is 1.17. The van der Waals surface area contributed by atoms with E-state index in [4.69, 9.17) is 21.1 Å². The molecule has 1 aliphatic heterocycles. The summed E-state index contributed by atoms with van der Waals surface area (Å²) in [5, 5.41) is 4.75. The van der Waals surface area contributed by atoms with E-state index in [0.29, 0.717) is 29.6 Å². The molecule has 0 saturated carbocycles. The van der Waals surface area contributed by atoms with E-state index in [9.17, 15) is 9.18 Å². The Morgan fingerprint density at radius 3 is 2.56 bits per heavy atom. The molecule has 5 aromatic rings. The van der Waals surface area contributed by atoms with Crippen molar-refractivity contribution >= 4 is 28.4 Å². The van der Waals surface area contributed by atoms with Crippen molar-refractivity contribution in [2.24, 2.45) is 0 Å². The van der Waals surface area contributed by atoms with E-state index in [1.165, 1.54) is 12.1 Å². The summed E-state index contributed by atoms with van der Waals surface area (Å²) in [6, 6.07) is 28.0. The van der Waals surface area contributed by atoms with Crippen LogP contribution in [0.2, 0.25) is 5.02 Å². The van der Waals surface area contributed by atoms with Gasteiger partial charge in [-0.3, -0.25) is 4.79 Å². The van der Waals surface area contributed by atoms with Gasteiger partial charge in [-0.15, -0.1) is 0 Å². The number of aromatic nitrogens is 1. The quantitative estimate of drug-likeness (QED) is 0.229. The largest absolute Gasteiger partial charge is 0.454 e. The van der Waals surface area contributed by atoms with Gasteiger partial charge in [-0.05, 0) is 64.7 Å². The maximum Gasteiger partial charge on any atom is 0.231 e. The summed E-state index contributed by atoms with van der Waals surface area (Å²) < 4.78 is 26.5. The maximum absolute atomic E-state index is 13.5. The minimum atomic E-state index is -0.260. The number of benzene rings is 4. The molecule has 1 aliphatic rings. The van der Waals surface area contributed by atoms with E-state index < -0.39 is 0 Å². The number of fused-ring (bicyclic) bond motifs is 2. The highest BCUT2D eigenvalue weighted by Gasteiger charge is 2.23. The second-order valence-electron chi connectivity index (χ2n) is 9.63. The van der Waals surface area contributed by atoms with Crippen molar-refractivity contribution in [2.75, 3.05) is 6.79 Å². The van der Waals surface area contributed by atoms with Crippen molar-refractivity contribution < 1.29 is 18.7 Å². The standard InChI is InChI=1S/C32H26ClFN2O3/c33-24-5-3-4-23(15-24)27(16-32(37)35-17-22-10-13-30-31(14-22)39-20-38-30)28-19-36(29-7-2-1-6-26(28)29)18-21-8-11-25(34)12-9-21/h1-15,19,27H,16-18,20H2,(H,35,37)/t27-/m0/s1. The Balaban J connectivity index is 1.30. The van der Waals surface area contributed by atoms with Gasteiger partial charge in [-0.1, -0.05) is 60.1 Å². The van der Waals surface area contributed by atoms with E-state index in [1.807, 2.05) is 54.6 Å². The van der Waals surface area contributed by atoms with Gasteiger partial charge in [-0.25, -0.2) is 4.39 Å². The molecule has 4 aromatic carbocycles. The predicted molar refractivity (Wildman–Crippen MR) is 150 cm³/mol. The zero-order valence-electron chi connectivity index (χ0n) is 21.1. The van der Waals surface area contributed by atoms with Gasteiger partial charge in [0.2, 0.25) is 12.7 Å². The summed E-state index contributed by atoms with van der Waals surface area (Å²) in [6.07, 6.45) is 2.35. The van der Waals surface area contributed by atoms with E-state index in [-0.39, 0.29) is 30.9 Å². The van der Waals surface area contributed by atoms with Gasteiger partial charge in [0.05, 0.1) is 0 Å². The van der Waals surface area contributed by atoms with E-state index in [0.717, 1.165) is 33.2 Å². The van der Waals surface area contributed by atoms with Gasteiger partial charge >= 0.3 is 0 Å². The molecule has 0 saturated heterocycles. The molecule has 0 unspecified atom stereocenters. The van der Waals surface area contributed by atoms with Crippen LogP contribution < -0.4 is 14.8 Å². The van der Waals surface area contributed by atoms with E-state index in [1.54, 1.807) is 12.1 Å². The number of amides is 1. The van der Waals surface area contributed by atoms with Crippen LogP contribution in [0.1, 0.15) is 34.6 Å². The van der Waals surface area contributed by atoms with Crippen molar-refractivity contribution in [3.05, 3.63) is 130 Å². The summed E-state index contributed by atoms with van der Waals surface area (Å²) in [5.74, 6) is 0.841. The first-order valence-electron chi connectivity index (χ1n) is 12.8. The normalized spacial score (nSPS) is 13.0. The number of hydrogen-bond acceptors (Lipinski definition) is 3. The van der Waals surface area contributed by atoms with Crippen molar-refractivity contribution in [3.63, 3.8) is 0 Å². The van der Waals surface area contributed by atoms with Gasteiger partial charge in [0.25, 0.3) is 0 Å². The third-order valence-corrected chi connectivity index (χ3v) is 7.26. The molecule has 0 fully saturated rings. The second kappa shape index (κ2) is 10.8. The SMILES string of the molecule is O=C(C[C@@H](c1cccc(Cl)c1)c1cn(Cc2ccc(F)cc2)c2ccccc12)NCc1ccc2c(c1)OCO2. The fourth-order valence-electron chi connectivity index (χ4n) is 5.11. The number of nitrogens with one attached hydrogen (secondary N) is 1. The molecule has 5 nitrogen and oxygen atoms in total. The lowest BCUT2D eigenvalue weighted by molar-refractivity contribution is -0.121. The van der Waals surface area contributed by atoms with Crippen LogP contribution in [0.25, 0.3) is 10.9 Å². The first-order chi connectivity index (χ1) is 19.0. The number of nitrogens with zero attached hydrogens (tertiary/aromatic N) is 1. The number of hydrogen-bond donors (Lipinski definition) is 1. The van der Waals surface area contributed by atoms with Crippen LogP contribution in [0.3, 0.4) is 0 Å². The van der Waals surface area contributed by atoms with Gasteiger partial charge in [-0.2, -0.15) is 0 Å². The van der Waals surface area contributed by atoms with Crippen molar-refractivity contribution in [1.29, 1.82) is 0 Å². The highest BCUT2D eigenvalue weighted by atomic mass is 35.5. The molecule has 1 atom stereocenters. The zero-order valence-corrected chi connectivity index (χ0v) is 21.8. The van der Waals surface area contributed by atoms with Gasteiger partial charge in [0.1, 0.15) is 5.82 Å². The average Bonchev–Trinajstić information content (AvgIpc) is 3.56. The Bertz CT molecular complexity index is 1650. The molecule has 0 bridgehead atoms. The first kappa shape index (κ1) is 25.0. The van der Waals surface area contributed by atoms with E-state index in [2.05, 4.69) is 28.2 Å². The zero-order chi connectivity index (χ0) is 26.8. The number of rotatable bonds is 8. The molecule has 2 heterocycles. The Morgan fingerprint density at radius 1 is 0.923 bits per heavy atom. The van der Waals surface area contributed by atoms with Crippen LogP contribution in [-0.4, -0.2) is 17.3 Å². The summed E-state index contributed by atoms with van der Waals surface area (Å²) in [4.78, 5) is 13.3. The molecular weight excluding hydrogens is 515 g/mol. The van der Waals surface area contributed by atoms with Crippen molar-refractivity contribution in [2.45, 2.75) is 25.4 Å². The molecule has 196 valence electrons. The number of carbonyl (C=O) groups is 1. The lowest BCUT2D eigenvalue weighted by atomic mass is 9.88. The molecule has 6 rings (SSSR count). The summed E-state index contributed by atoms with van der Waals surface area (Å²) in [7, 11) is 0. The van der Waals surface area contributed by atoms with Crippen LogP contribution >= 0.6 is 11.6 Å². The molecule has 1 N–H and O–H groups in total. The average molecular weight is 541 g/mol. The number of halogens is 2. The smallest absolute Gasteiger partial charge is 0.231 e. The van der Waals surface area contributed by atoms with Crippen LogP contribution in [0.5, 0.6) is 11.5 Å². The highest BCUT2D eigenvalue weighted by molar-refractivity contribution is 6.30. The fraction of sp³-hybridized carbons (Fsp3) is 0.156. The Hall–Kier alpha value is -4.29. The topological polar surface area (TPSA) is 52.5 Å². The number of ether oxygens (including phenoxy) is 2. The Kier molecular flexibility index (Phi) is 6.95. The van der Waals surface area contributed by atoms with Crippen LogP contribution in [0.4, 0.5) is 4.39 Å². The van der Waals surface area contributed by atoms with Crippen LogP contribution in [0.15, 0.2) is 97.2 Å². The number of para-hydroxylation sites is 1. The lowest BCUT2D eigenvalue weighted by Gasteiger charge is -2.18. The van der Waals surface area contributed by atoms with Crippen molar-refractivity contribution in [3.8, 4) is 11.5 Å². The lowest BCUT2D eigenvalue weighted by Crippen LogP contribution is -2.25. The van der Waals surface area contributed by atoms with Crippen LogP contribution in [-0.2, 0) is 17.9 Å². The Morgan fingerprint density at radius 2 is 1.72 bits per heavy atom. The molecule has 0 aliphatic carbocycles. The Labute approximate surface area is 230 Å². The fourth-order valence-corrected chi connectivity index (χ4v) is 5.31. The molecule has 7 heteroatoms. The highest BCUT2D eigenvalue weighted by Crippen LogP contribution is 2.36. The molecule has 0 radical (unpaired) electrons. The van der Waals surface area contributed by atoms with Gasteiger partial charge in [0.15, 0.2) is 11.5 Å². The van der Waals surface area contributed by atoms with E-state index >= 15 is 0 Å². The second-order valence-corrected chi connectivity index (χ2v) is 10.1. The van der Waals surface area contributed by atoms with Gasteiger partial charge in [0, 0.05) is 47.6 Å². The molecular formula is C32H26ClFN2O3. The molecule has 1 aromatic heterocycles. The minimum Gasteiger partial charge on any atom is -0.454 e. The number of carbonyl (C=O) groups excluding carboxylic acids is 1. The monoisotopic (exact) mass is 540 g/mol. The molecule has 0 spiro atoms. The van der Waals surface area contributed by atoms with Gasteiger partial charge < -0.3 is 19.4 Å².